The third kappa shape index (κ3) is 6.51. The number of likely N-dealkylation sites (N-methyl/N-ethyl adjacent to an activating group) is 1. The van der Waals surface area contributed by atoms with Gasteiger partial charge in [-0.05, 0) is 26.4 Å². The predicted octanol–water partition coefficient (Wildman–Crippen LogP) is 1.67. The van der Waals surface area contributed by atoms with E-state index in [0.717, 1.165) is 19.5 Å². The molecule has 0 spiro atoms. The van der Waals surface area contributed by atoms with E-state index >= 15 is 0 Å². The highest BCUT2D eigenvalue weighted by Gasteiger charge is 2.20. The van der Waals surface area contributed by atoms with Crippen LogP contribution >= 0.6 is 0 Å². The largest absolute Gasteiger partial charge is 0.370 e. The molecule has 0 aliphatic carbocycles. The Bertz CT molecular complexity index is 209. The molecular formula is C13H30N4. The van der Waals surface area contributed by atoms with Crippen LogP contribution in [0.2, 0.25) is 0 Å². The SMILES string of the molecule is CCCNC(N)=NCC(C(CC)CC)N(C)C. The molecule has 0 aromatic rings. The first kappa shape index (κ1) is 16.2. The van der Waals surface area contributed by atoms with Gasteiger partial charge in [-0.3, -0.25) is 4.99 Å². The summed E-state index contributed by atoms with van der Waals surface area (Å²) in [5.41, 5.74) is 5.81. The van der Waals surface area contributed by atoms with Gasteiger partial charge in [0.05, 0.1) is 6.54 Å². The zero-order chi connectivity index (χ0) is 13.3. The number of aliphatic imine (C=N–C) groups is 1. The minimum atomic E-state index is 0.479. The lowest BCUT2D eigenvalue weighted by molar-refractivity contribution is 0.206. The van der Waals surface area contributed by atoms with Crippen LogP contribution in [0.3, 0.4) is 0 Å². The maximum Gasteiger partial charge on any atom is 0.188 e. The Morgan fingerprint density at radius 2 is 1.82 bits per heavy atom. The average molecular weight is 242 g/mol. The van der Waals surface area contributed by atoms with E-state index in [2.05, 4.69) is 50.1 Å². The van der Waals surface area contributed by atoms with Crippen LogP contribution in [-0.2, 0) is 0 Å². The van der Waals surface area contributed by atoms with E-state index in [1.165, 1.54) is 12.8 Å². The number of hydrogen-bond donors (Lipinski definition) is 2. The summed E-state index contributed by atoms with van der Waals surface area (Å²) in [4.78, 5) is 6.70. The van der Waals surface area contributed by atoms with Crippen molar-refractivity contribution in [3.05, 3.63) is 0 Å². The van der Waals surface area contributed by atoms with Gasteiger partial charge in [-0.1, -0.05) is 33.6 Å². The molecule has 17 heavy (non-hydrogen) atoms. The van der Waals surface area contributed by atoms with Crippen molar-refractivity contribution in [3.63, 3.8) is 0 Å². The van der Waals surface area contributed by atoms with Crippen LogP contribution in [0.1, 0.15) is 40.0 Å². The molecule has 0 saturated heterocycles. The molecule has 0 amide bonds. The minimum absolute atomic E-state index is 0.479. The van der Waals surface area contributed by atoms with Gasteiger partial charge in [0.25, 0.3) is 0 Å². The lowest BCUT2D eigenvalue weighted by Crippen LogP contribution is -2.39. The molecule has 0 aromatic carbocycles. The van der Waals surface area contributed by atoms with E-state index in [0.29, 0.717) is 17.9 Å². The zero-order valence-corrected chi connectivity index (χ0v) is 12.2. The van der Waals surface area contributed by atoms with Gasteiger partial charge in [0.15, 0.2) is 5.96 Å². The first-order valence-electron chi connectivity index (χ1n) is 6.76. The number of hydrogen-bond acceptors (Lipinski definition) is 2. The van der Waals surface area contributed by atoms with E-state index < -0.39 is 0 Å². The van der Waals surface area contributed by atoms with Crippen molar-refractivity contribution in [1.82, 2.24) is 10.2 Å². The van der Waals surface area contributed by atoms with E-state index in [9.17, 15) is 0 Å². The fourth-order valence-electron chi connectivity index (χ4n) is 2.07. The van der Waals surface area contributed by atoms with Crippen molar-refractivity contribution in [2.75, 3.05) is 27.2 Å². The molecule has 3 N–H and O–H groups in total. The molecule has 0 aliphatic heterocycles. The van der Waals surface area contributed by atoms with Crippen LogP contribution in [0.15, 0.2) is 4.99 Å². The second-order valence-electron chi connectivity index (χ2n) is 4.76. The van der Waals surface area contributed by atoms with Crippen LogP contribution in [0, 0.1) is 5.92 Å². The van der Waals surface area contributed by atoms with Crippen LogP contribution in [0.25, 0.3) is 0 Å². The zero-order valence-electron chi connectivity index (χ0n) is 12.2. The molecule has 4 heteroatoms. The quantitative estimate of drug-likeness (QED) is 0.503. The Hall–Kier alpha value is -0.770. The summed E-state index contributed by atoms with van der Waals surface area (Å²) in [5, 5.41) is 3.11. The standard InChI is InChI=1S/C13H30N4/c1-6-9-15-13(14)16-10-12(17(4)5)11(7-2)8-3/h11-12H,6-10H2,1-5H3,(H3,14,15,16). The minimum Gasteiger partial charge on any atom is -0.370 e. The van der Waals surface area contributed by atoms with Crippen molar-refractivity contribution >= 4 is 5.96 Å². The highest BCUT2D eigenvalue weighted by atomic mass is 15.1. The molecule has 0 heterocycles. The summed E-state index contributed by atoms with van der Waals surface area (Å²) in [6, 6.07) is 0.479. The first-order valence-corrected chi connectivity index (χ1v) is 6.76. The highest BCUT2D eigenvalue weighted by molar-refractivity contribution is 5.77. The second-order valence-corrected chi connectivity index (χ2v) is 4.76. The predicted molar refractivity (Wildman–Crippen MR) is 76.3 cm³/mol. The van der Waals surface area contributed by atoms with Crippen LogP contribution in [0.5, 0.6) is 0 Å². The fraction of sp³-hybridized carbons (Fsp3) is 0.923. The molecule has 0 bridgehead atoms. The van der Waals surface area contributed by atoms with Gasteiger partial charge >= 0.3 is 0 Å². The fourth-order valence-corrected chi connectivity index (χ4v) is 2.07. The topological polar surface area (TPSA) is 53.6 Å². The third-order valence-corrected chi connectivity index (χ3v) is 3.26. The normalized spacial score (nSPS) is 14.4. The lowest BCUT2D eigenvalue weighted by Gasteiger charge is -2.30. The van der Waals surface area contributed by atoms with Crippen molar-refractivity contribution in [2.24, 2.45) is 16.6 Å². The van der Waals surface area contributed by atoms with Gasteiger partial charge in [0.2, 0.25) is 0 Å². The van der Waals surface area contributed by atoms with Crippen molar-refractivity contribution in [1.29, 1.82) is 0 Å². The van der Waals surface area contributed by atoms with Crippen molar-refractivity contribution in [2.45, 2.75) is 46.1 Å². The van der Waals surface area contributed by atoms with Crippen LogP contribution < -0.4 is 11.1 Å². The molecule has 1 atom stereocenters. The number of nitrogens with one attached hydrogen (secondary N) is 1. The number of nitrogens with two attached hydrogens (primary N) is 1. The Balaban J connectivity index is 4.34. The average Bonchev–Trinajstić information content (AvgIpc) is 2.31. The van der Waals surface area contributed by atoms with Gasteiger partial charge in [-0.15, -0.1) is 0 Å². The molecule has 0 fully saturated rings. The number of guanidine groups is 1. The van der Waals surface area contributed by atoms with E-state index in [1.54, 1.807) is 0 Å². The molecule has 0 aromatic heterocycles. The van der Waals surface area contributed by atoms with Crippen molar-refractivity contribution in [3.8, 4) is 0 Å². The number of rotatable bonds is 8. The smallest absolute Gasteiger partial charge is 0.188 e. The summed E-state index contributed by atoms with van der Waals surface area (Å²) in [6.45, 7) is 8.28. The van der Waals surface area contributed by atoms with Crippen LogP contribution in [0.4, 0.5) is 0 Å². The first-order chi connectivity index (χ1) is 8.06. The molecule has 0 saturated carbocycles. The van der Waals surface area contributed by atoms with E-state index in [-0.39, 0.29) is 0 Å². The Morgan fingerprint density at radius 3 is 2.24 bits per heavy atom. The lowest BCUT2D eigenvalue weighted by atomic mass is 9.93. The summed E-state index contributed by atoms with van der Waals surface area (Å²) in [5.74, 6) is 1.26. The van der Waals surface area contributed by atoms with Gasteiger partial charge < -0.3 is 16.0 Å². The van der Waals surface area contributed by atoms with Crippen molar-refractivity contribution < 1.29 is 0 Å². The van der Waals surface area contributed by atoms with Gasteiger partial charge in [-0.2, -0.15) is 0 Å². The van der Waals surface area contributed by atoms with Crippen LogP contribution in [-0.4, -0.2) is 44.1 Å². The Morgan fingerprint density at radius 1 is 1.24 bits per heavy atom. The molecule has 0 rings (SSSR count). The van der Waals surface area contributed by atoms with Gasteiger partial charge in [0, 0.05) is 12.6 Å². The van der Waals surface area contributed by atoms with Gasteiger partial charge in [-0.25, -0.2) is 0 Å². The summed E-state index contributed by atoms with van der Waals surface area (Å²) in [6.07, 6.45) is 3.45. The molecule has 102 valence electrons. The maximum absolute atomic E-state index is 5.81. The summed E-state index contributed by atoms with van der Waals surface area (Å²) >= 11 is 0. The highest BCUT2D eigenvalue weighted by Crippen LogP contribution is 2.17. The maximum atomic E-state index is 5.81. The second kappa shape index (κ2) is 9.28. The molecule has 0 aliphatic rings. The molecular weight excluding hydrogens is 212 g/mol. The van der Waals surface area contributed by atoms with E-state index in [1.807, 2.05) is 0 Å². The van der Waals surface area contributed by atoms with Gasteiger partial charge in [0.1, 0.15) is 0 Å². The monoisotopic (exact) mass is 242 g/mol. The molecule has 1 unspecified atom stereocenters. The Kier molecular flexibility index (Phi) is 8.86. The summed E-state index contributed by atoms with van der Waals surface area (Å²) < 4.78 is 0. The summed E-state index contributed by atoms with van der Waals surface area (Å²) in [7, 11) is 4.24. The number of nitrogens with zero attached hydrogens (tertiary/aromatic N) is 2. The van der Waals surface area contributed by atoms with E-state index in [4.69, 9.17) is 5.73 Å². The Labute approximate surface area is 107 Å². The third-order valence-electron chi connectivity index (χ3n) is 3.26. The molecule has 0 radical (unpaired) electrons. The molecule has 4 nitrogen and oxygen atoms in total.